The zero-order valence-electron chi connectivity index (χ0n) is 23.8. The molecule has 1 aliphatic carbocycles. The summed E-state index contributed by atoms with van der Waals surface area (Å²) in [6.45, 7) is 14.1. The van der Waals surface area contributed by atoms with Crippen LogP contribution in [-0.2, 0) is 15.7 Å². The molecule has 9 nitrogen and oxygen atoms in total. The van der Waals surface area contributed by atoms with E-state index < -0.39 is 8.32 Å². The van der Waals surface area contributed by atoms with Crippen molar-refractivity contribution in [3.63, 3.8) is 0 Å². The number of ether oxygens (including phenoxy) is 1. The van der Waals surface area contributed by atoms with Gasteiger partial charge in [-0.05, 0) is 60.8 Å². The van der Waals surface area contributed by atoms with Crippen LogP contribution >= 0.6 is 0 Å². The van der Waals surface area contributed by atoms with E-state index in [9.17, 15) is 0 Å². The van der Waals surface area contributed by atoms with Gasteiger partial charge in [0.2, 0.25) is 0 Å². The number of anilines is 3. The number of pyridine rings is 1. The van der Waals surface area contributed by atoms with Gasteiger partial charge in [0.1, 0.15) is 5.82 Å². The third-order valence-electron chi connectivity index (χ3n) is 8.18. The summed E-state index contributed by atoms with van der Waals surface area (Å²) in [4.78, 5) is 15.9. The fraction of sp³-hybridized carbons (Fsp3) is 0.400. The van der Waals surface area contributed by atoms with Crippen molar-refractivity contribution < 1.29 is 13.7 Å². The van der Waals surface area contributed by atoms with E-state index in [0.29, 0.717) is 30.4 Å². The molecular formula is C30H36N6O3Si. The highest BCUT2D eigenvalue weighted by Gasteiger charge is 2.40. The lowest BCUT2D eigenvalue weighted by atomic mass is 10.1. The van der Waals surface area contributed by atoms with Crippen molar-refractivity contribution in [1.82, 2.24) is 15.0 Å². The van der Waals surface area contributed by atoms with Gasteiger partial charge in [-0.1, -0.05) is 26.8 Å². The lowest BCUT2D eigenvalue weighted by molar-refractivity contribution is 0.122. The van der Waals surface area contributed by atoms with Crippen molar-refractivity contribution in [2.45, 2.75) is 51.7 Å². The highest BCUT2D eigenvalue weighted by atomic mass is 28.4. The van der Waals surface area contributed by atoms with Crippen LogP contribution in [0.15, 0.2) is 58.5 Å². The molecule has 6 rings (SSSR count). The molecule has 0 unspecified atom stereocenters. The summed E-state index contributed by atoms with van der Waals surface area (Å²) in [6, 6.07) is 10.3. The van der Waals surface area contributed by atoms with Crippen molar-refractivity contribution in [2.24, 2.45) is 5.16 Å². The summed E-state index contributed by atoms with van der Waals surface area (Å²) in [7, 11) is -1.96. The van der Waals surface area contributed by atoms with Gasteiger partial charge in [0.15, 0.2) is 17.2 Å². The Morgan fingerprint density at radius 2 is 1.88 bits per heavy atom. The smallest absolute Gasteiger partial charge is 0.286 e. The number of nitrogens with one attached hydrogen (secondary N) is 1. The number of aromatic nitrogens is 3. The van der Waals surface area contributed by atoms with Crippen LogP contribution < -0.4 is 10.2 Å². The Morgan fingerprint density at radius 1 is 1.05 bits per heavy atom. The summed E-state index contributed by atoms with van der Waals surface area (Å²) < 4.78 is 18.0. The van der Waals surface area contributed by atoms with Gasteiger partial charge in [-0.2, -0.15) is 0 Å². The zero-order valence-corrected chi connectivity index (χ0v) is 24.8. The average molecular weight is 557 g/mol. The minimum absolute atomic E-state index is 0.109. The molecule has 1 fully saturated rings. The molecule has 1 saturated heterocycles. The molecule has 0 atom stereocenters. The van der Waals surface area contributed by atoms with E-state index in [1.165, 1.54) is 5.56 Å². The highest BCUT2D eigenvalue weighted by Crippen LogP contribution is 2.40. The Morgan fingerprint density at radius 3 is 2.67 bits per heavy atom. The van der Waals surface area contributed by atoms with Gasteiger partial charge in [0.05, 0.1) is 30.8 Å². The first-order valence-corrected chi connectivity index (χ1v) is 16.8. The fourth-order valence-electron chi connectivity index (χ4n) is 4.75. The second-order valence-corrected chi connectivity index (χ2v) is 16.6. The number of hydrogen-bond donors (Lipinski definition) is 1. The molecule has 0 radical (unpaired) electrons. The van der Waals surface area contributed by atoms with Gasteiger partial charge in [0, 0.05) is 42.1 Å². The van der Waals surface area contributed by atoms with E-state index in [0.717, 1.165) is 59.8 Å². The first-order chi connectivity index (χ1) is 19.2. The third kappa shape index (κ3) is 5.09. The van der Waals surface area contributed by atoms with Crippen LogP contribution in [0, 0.1) is 0 Å². The van der Waals surface area contributed by atoms with Crippen molar-refractivity contribution in [3.05, 3.63) is 60.0 Å². The number of hydrogen-bond acceptors (Lipinski definition) is 9. The zero-order chi connectivity index (χ0) is 27.9. The van der Waals surface area contributed by atoms with Crippen LogP contribution in [0.1, 0.15) is 38.3 Å². The van der Waals surface area contributed by atoms with E-state index in [4.69, 9.17) is 18.7 Å². The van der Waals surface area contributed by atoms with Crippen molar-refractivity contribution >= 4 is 42.2 Å². The second kappa shape index (κ2) is 10.3. The van der Waals surface area contributed by atoms with Gasteiger partial charge in [-0.15, -0.1) is 5.16 Å². The minimum Gasteiger partial charge on any atom is -0.455 e. The molecular weight excluding hydrogens is 520 g/mol. The van der Waals surface area contributed by atoms with Crippen LogP contribution in [0.4, 0.5) is 17.2 Å². The Bertz CT molecular complexity index is 1570. The summed E-state index contributed by atoms with van der Waals surface area (Å²) in [5, 5.41) is 9.31. The van der Waals surface area contributed by atoms with Crippen LogP contribution in [-0.4, -0.2) is 55.3 Å². The van der Waals surface area contributed by atoms with Gasteiger partial charge >= 0.3 is 0 Å². The molecule has 2 aliphatic rings. The van der Waals surface area contributed by atoms with Crippen LogP contribution in [0.25, 0.3) is 22.6 Å². The summed E-state index contributed by atoms with van der Waals surface area (Å²) in [5.74, 6) is 1.98. The number of fused-ring (bicyclic) bond motifs is 2. The minimum atomic E-state index is -1.96. The van der Waals surface area contributed by atoms with E-state index in [-0.39, 0.29) is 5.04 Å². The van der Waals surface area contributed by atoms with Crippen molar-refractivity contribution in [3.8, 4) is 11.6 Å². The number of benzene rings is 1. The molecule has 1 aliphatic heterocycles. The number of furan rings is 1. The quantitative estimate of drug-likeness (QED) is 0.211. The topological polar surface area (TPSA) is 97.9 Å². The number of nitrogens with zero attached hydrogens (tertiary/aromatic N) is 5. The SMILES string of the molecule is CC(C)(C)[Si](C)(C)ON=C1CCc2cc(Nc3c(-c4nccc(N5CCOCC5)n4)oc4cnccc34)ccc21. The molecule has 10 heteroatoms. The number of rotatable bonds is 6. The Balaban J connectivity index is 1.31. The van der Waals surface area contributed by atoms with E-state index in [2.05, 4.69) is 77.4 Å². The predicted octanol–water partition coefficient (Wildman–Crippen LogP) is 6.54. The molecule has 0 bridgehead atoms. The lowest BCUT2D eigenvalue weighted by Gasteiger charge is -2.33. The van der Waals surface area contributed by atoms with E-state index in [1.54, 1.807) is 18.6 Å². The molecule has 4 aromatic rings. The maximum atomic E-state index is 6.28. The maximum absolute atomic E-state index is 6.28. The summed E-state index contributed by atoms with van der Waals surface area (Å²) in [6.07, 6.45) is 7.08. The van der Waals surface area contributed by atoms with Gasteiger partial charge in [-0.25, -0.2) is 9.97 Å². The molecule has 208 valence electrons. The van der Waals surface area contributed by atoms with Crippen LogP contribution in [0.5, 0.6) is 0 Å². The number of oxime groups is 1. The summed E-state index contributed by atoms with van der Waals surface area (Å²) in [5.41, 5.74) is 5.91. The van der Waals surface area contributed by atoms with E-state index in [1.807, 2.05) is 12.1 Å². The Kier molecular flexibility index (Phi) is 6.83. The third-order valence-corrected chi connectivity index (χ3v) is 12.3. The monoisotopic (exact) mass is 556 g/mol. The first kappa shape index (κ1) is 26.5. The molecule has 3 aromatic heterocycles. The van der Waals surface area contributed by atoms with Crippen molar-refractivity contribution in [1.29, 1.82) is 0 Å². The normalized spacial score (nSPS) is 16.9. The summed E-state index contributed by atoms with van der Waals surface area (Å²) >= 11 is 0. The van der Waals surface area contributed by atoms with Gasteiger partial charge in [-0.3, -0.25) is 4.98 Å². The fourth-order valence-corrected chi connectivity index (χ4v) is 5.36. The number of morpholine rings is 1. The Labute approximate surface area is 235 Å². The molecule has 1 aromatic carbocycles. The van der Waals surface area contributed by atoms with Gasteiger partial charge < -0.3 is 23.9 Å². The molecule has 4 heterocycles. The molecule has 40 heavy (non-hydrogen) atoms. The maximum Gasteiger partial charge on any atom is 0.286 e. The van der Waals surface area contributed by atoms with Gasteiger partial charge in [0.25, 0.3) is 8.32 Å². The predicted molar refractivity (Wildman–Crippen MR) is 161 cm³/mol. The molecule has 0 spiro atoms. The Hall–Kier alpha value is -3.76. The lowest BCUT2D eigenvalue weighted by Crippen LogP contribution is -2.39. The van der Waals surface area contributed by atoms with Crippen molar-refractivity contribution in [2.75, 3.05) is 36.5 Å². The highest BCUT2D eigenvalue weighted by molar-refractivity contribution is 6.74. The van der Waals surface area contributed by atoms with Crippen LogP contribution in [0.3, 0.4) is 0 Å². The molecule has 0 saturated carbocycles. The number of aryl methyl sites for hydroxylation is 1. The first-order valence-electron chi connectivity index (χ1n) is 13.9. The van der Waals surface area contributed by atoms with Crippen LogP contribution in [0.2, 0.25) is 18.1 Å². The largest absolute Gasteiger partial charge is 0.455 e. The van der Waals surface area contributed by atoms with E-state index >= 15 is 0 Å². The standard InChI is InChI=1S/C30H36N6O3Si/c1-30(2,3)40(4,5)39-35-24-9-6-20-18-21(7-8-22(20)24)33-27-23-10-12-31-19-25(23)38-28(27)29-32-13-11-26(34-29)36-14-16-37-17-15-36/h7-8,10-13,18-19,33H,6,9,14-17H2,1-5H3. The molecule has 1 N–H and O–H groups in total. The second-order valence-electron chi connectivity index (χ2n) is 11.9. The molecule has 0 amide bonds. The average Bonchev–Trinajstić information content (AvgIpc) is 3.53.